The van der Waals surface area contributed by atoms with E-state index >= 15 is 0 Å². The molecule has 0 radical (unpaired) electrons. The minimum atomic E-state index is 0.476. The number of hydrogen-bond donors (Lipinski definition) is 1. The van der Waals surface area contributed by atoms with E-state index in [0.717, 1.165) is 35.2 Å². The van der Waals surface area contributed by atoms with Crippen LogP contribution in [0.15, 0.2) is 12.1 Å². The molecule has 0 aromatic heterocycles. The number of nitrogen functional groups attached to an aromatic ring is 1. The molecule has 2 aliphatic rings. The maximum absolute atomic E-state index is 6.20. The molecule has 0 saturated carbocycles. The maximum atomic E-state index is 6.20. The van der Waals surface area contributed by atoms with E-state index in [1.165, 1.54) is 0 Å². The zero-order chi connectivity index (χ0) is 13.4. The van der Waals surface area contributed by atoms with E-state index in [1.807, 2.05) is 23.9 Å². The zero-order valence-electron chi connectivity index (χ0n) is 11.4. The number of nitrogens with two attached hydrogens (primary N) is 1. The van der Waals surface area contributed by atoms with Gasteiger partial charge < -0.3 is 20.1 Å². The van der Waals surface area contributed by atoms with Crippen LogP contribution in [0.4, 0.5) is 11.4 Å². The molecule has 2 N–H and O–H groups in total. The van der Waals surface area contributed by atoms with Crippen molar-refractivity contribution in [2.75, 3.05) is 36.1 Å². The Labute approximate surface area is 118 Å². The molecular weight excluding hydrogens is 260 g/mol. The highest BCUT2D eigenvalue weighted by Crippen LogP contribution is 2.41. The normalized spacial score (nSPS) is 26.3. The van der Waals surface area contributed by atoms with Crippen molar-refractivity contribution in [1.82, 2.24) is 0 Å². The third-order valence-electron chi connectivity index (χ3n) is 3.88. The number of fused-ring (bicyclic) bond motifs is 1. The lowest BCUT2D eigenvalue weighted by Gasteiger charge is -2.40. The second kappa shape index (κ2) is 5.04. The van der Waals surface area contributed by atoms with E-state index < -0.39 is 0 Å². The van der Waals surface area contributed by atoms with Crippen LogP contribution < -0.4 is 20.1 Å². The van der Waals surface area contributed by atoms with Crippen molar-refractivity contribution in [1.29, 1.82) is 0 Å². The molecule has 2 atom stereocenters. The van der Waals surface area contributed by atoms with Crippen LogP contribution in [-0.2, 0) is 0 Å². The molecule has 0 aliphatic carbocycles. The minimum Gasteiger partial charge on any atom is -0.486 e. The van der Waals surface area contributed by atoms with Gasteiger partial charge in [-0.2, -0.15) is 11.8 Å². The van der Waals surface area contributed by atoms with Gasteiger partial charge in [0.15, 0.2) is 11.5 Å². The number of benzene rings is 1. The van der Waals surface area contributed by atoms with Gasteiger partial charge in [0.05, 0.1) is 11.4 Å². The molecule has 0 bridgehead atoms. The largest absolute Gasteiger partial charge is 0.486 e. The van der Waals surface area contributed by atoms with E-state index in [0.29, 0.717) is 24.5 Å². The third kappa shape index (κ3) is 2.31. The number of thioether (sulfide) groups is 1. The third-order valence-corrected chi connectivity index (χ3v) is 5.22. The molecule has 2 unspecified atom stereocenters. The Kier molecular flexibility index (Phi) is 3.39. The van der Waals surface area contributed by atoms with Gasteiger partial charge in [-0.25, -0.2) is 0 Å². The molecule has 1 aromatic carbocycles. The number of anilines is 2. The van der Waals surface area contributed by atoms with Crippen LogP contribution >= 0.6 is 11.8 Å². The highest BCUT2D eigenvalue weighted by atomic mass is 32.2. The lowest BCUT2D eigenvalue weighted by molar-refractivity contribution is 0.172. The summed E-state index contributed by atoms with van der Waals surface area (Å²) in [5, 5.41) is 0.612. The SMILES string of the molecule is CC1SCCN(c2cc3c(cc2N)OCCO3)C1C. The number of hydrogen-bond acceptors (Lipinski definition) is 5. The summed E-state index contributed by atoms with van der Waals surface area (Å²) in [4.78, 5) is 2.38. The first-order chi connectivity index (χ1) is 9.16. The van der Waals surface area contributed by atoms with Crippen molar-refractivity contribution in [3.05, 3.63) is 12.1 Å². The molecular formula is C14H20N2O2S. The van der Waals surface area contributed by atoms with Crippen LogP contribution in [0.1, 0.15) is 13.8 Å². The van der Waals surface area contributed by atoms with E-state index in [1.54, 1.807) is 0 Å². The molecule has 1 fully saturated rings. The molecule has 2 aliphatic heterocycles. The smallest absolute Gasteiger partial charge is 0.163 e. The van der Waals surface area contributed by atoms with Crippen LogP contribution in [0.2, 0.25) is 0 Å². The molecule has 5 heteroatoms. The Bertz CT molecular complexity index is 481. The topological polar surface area (TPSA) is 47.7 Å². The Balaban J connectivity index is 1.95. The number of rotatable bonds is 1. The monoisotopic (exact) mass is 280 g/mol. The van der Waals surface area contributed by atoms with Gasteiger partial charge in [0.2, 0.25) is 0 Å². The average Bonchev–Trinajstić information content (AvgIpc) is 2.41. The average molecular weight is 280 g/mol. The van der Waals surface area contributed by atoms with Crippen molar-refractivity contribution in [2.24, 2.45) is 0 Å². The summed E-state index contributed by atoms with van der Waals surface area (Å²) < 4.78 is 11.2. The first-order valence-corrected chi connectivity index (χ1v) is 7.79. The van der Waals surface area contributed by atoms with Gasteiger partial charge in [-0.3, -0.25) is 0 Å². The summed E-state index contributed by atoms with van der Waals surface area (Å²) in [7, 11) is 0. The predicted octanol–water partition coefficient (Wildman–Crippen LogP) is 2.37. The quantitative estimate of drug-likeness (QED) is 0.800. The van der Waals surface area contributed by atoms with Crippen molar-refractivity contribution in [2.45, 2.75) is 25.1 Å². The van der Waals surface area contributed by atoms with E-state index in [-0.39, 0.29) is 0 Å². The molecule has 4 nitrogen and oxygen atoms in total. The van der Waals surface area contributed by atoms with E-state index in [2.05, 4.69) is 18.7 Å². The Morgan fingerprint density at radius 3 is 2.63 bits per heavy atom. The van der Waals surface area contributed by atoms with Gasteiger partial charge in [-0.1, -0.05) is 6.92 Å². The van der Waals surface area contributed by atoms with Crippen molar-refractivity contribution in [3.63, 3.8) is 0 Å². The lowest BCUT2D eigenvalue weighted by atomic mass is 10.1. The summed E-state index contributed by atoms with van der Waals surface area (Å²) in [6.07, 6.45) is 0. The van der Waals surface area contributed by atoms with Crippen molar-refractivity contribution < 1.29 is 9.47 Å². The lowest BCUT2D eigenvalue weighted by Crippen LogP contribution is -2.45. The molecule has 0 amide bonds. The number of ether oxygens (including phenoxy) is 2. The highest BCUT2D eigenvalue weighted by molar-refractivity contribution is 8.00. The molecule has 2 heterocycles. The summed E-state index contributed by atoms with van der Waals surface area (Å²) in [6.45, 7) is 6.76. The van der Waals surface area contributed by atoms with Crippen LogP contribution in [-0.4, -0.2) is 36.8 Å². The zero-order valence-corrected chi connectivity index (χ0v) is 12.2. The molecule has 104 valence electrons. The molecule has 19 heavy (non-hydrogen) atoms. The summed E-state index contributed by atoms with van der Waals surface area (Å²) in [5.41, 5.74) is 8.05. The first-order valence-electron chi connectivity index (χ1n) is 6.74. The van der Waals surface area contributed by atoms with Crippen molar-refractivity contribution >= 4 is 23.1 Å². The highest BCUT2D eigenvalue weighted by Gasteiger charge is 2.28. The predicted molar refractivity (Wildman–Crippen MR) is 80.6 cm³/mol. The molecule has 3 rings (SSSR count). The van der Waals surface area contributed by atoms with Gasteiger partial charge in [0.25, 0.3) is 0 Å². The second-order valence-corrected chi connectivity index (χ2v) is 6.55. The molecule has 1 saturated heterocycles. The Morgan fingerprint density at radius 2 is 1.89 bits per heavy atom. The molecule has 0 spiro atoms. The fraction of sp³-hybridized carbons (Fsp3) is 0.571. The minimum absolute atomic E-state index is 0.476. The van der Waals surface area contributed by atoms with Crippen LogP contribution in [0.3, 0.4) is 0 Å². The van der Waals surface area contributed by atoms with Crippen LogP contribution in [0, 0.1) is 0 Å². The Hall–Kier alpha value is -1.23. The van der Waals surface area contributed by atoms with Gasteiger partial charge in [-0.05, 0) is 6.92 Å². The Morgan fingerprint density at radius 1 is 1.21 bits per heavy atom. The summed E-state index contributed by atoms with van der Waals surface area (Å²) in [5.74, 6) is 2.72. The fourth-order valence-corrected chi connectivity index (χ4v) is 3.71. The van der Waals surface area contributed by atoms with Crippen molar-refractivity contribution in [3.8, 4) is 11.5 Å². The second-order valence-electron chi connectivity index (χ2n) is 5.06. The fourth-order valence-electron chi connectivity index (χ4n) is 2.62. The van der Waals surface area contributed by atoms with Gasteiger partial charge in [0, 0.05) is 35.7 Å². The van der Waals surface area contributed by atoms with Gasteiger partial charge >= 0.3 is 0 Å². The van der Waals surface area contributed by atoms with Gasteiger partial charge in [-0.15, -0.1) is 0 Å². The maximum Gasteiger partial charge on any atom is 0.163 e. The van der Waals surface area contributed by atoms with Gasteiger partial charge in [0.1, 0.15) is 13.2 Å². The summed E-state index contributed by atoms with van der Waals surface area (Å²) in [6, 6.07) is 4.40. The van der Waals surface area contributed by atoms with Crippen LogP contribution in [0.25, 0.3) is 0 Å². The summed E-state index contributed by atoms with van der Waals surface area (Å²) >= 11 is 2.02. The first kappa shape index (κ1) is 12.8. The molecule has 1 aromatic rings. The standard InChI is InChI=1S/C14H20N2O2S/c1-9-10(2)19-6-3-16(9)12-8-14-13(7-11(12)15)17-4-5-18-14/h7-10H,3-6,15H2,1-2H3. The number of nitrogens with zero attached hydrogens (tertiary/aromatic N) is 1. The van der Waals surface area contributed by atoms with E-state index in [9.17, 15) is 0 Å². The van der Waals surface area contributed by atoms with E-state index in [4.69, 9.17) is 15.2 Å². The van der Waals surface area contributed by atoms with Crippen LogP contribution in [0.5, 0.6) is 11.5 Å².